The zero-order valence-electron chi connectivity index (χ0n) is 21.1. The van der Waals surface area contributed by atoms with E-state index in [0.717, 1.165) is 28.2 Å². The summed E-state index contributed by atoms with van der Waals surface area (Å²) in [4.78, 5) is 12.4. The average molecular weight is 671 g/mol. The maximum Gasteiger partial charge on any atom is 3.00 e. The fourth-order valence-electron chi connectivity index (χ4n) is 2.94. The normalized spacial score (nSPS) is 8.97. The van der Waals surface area contributed by atoms with Gasteiger partial charge in [-0.1, -0.05) is 30.3 Å². The minimum atomic E-state index is 0. The van der Waals surface area contributed by atoms with Crippen molar-refractivity contribution in [3.05, 3.63) is 176 Å². The van der Waals surface area contributed by atoms with E-state index in [1.165, 1.54) is 0 Å². The van der Waals surface area contributed by atoms with Crippen molar-refractivity contribution in [1.29, 1.82) is 0 Å². The van der Waals surface area contributed by atoms with Crippen molar-refractivity contribution in [3.8, 4) is 22.5 Å². The van der Waals surface area contributed by atoms with Gasteiger partial charge in [0.1, 0.15) is 0 Å². The van der Waals surface area contributed by atoms with Gasteiger partial charge >= 0.3 is 20.1 Å². The summed E-state index contributed by atoms with van der Waals surface area (Å²) in [6.45, 7) is 1.97. The summed E-state index contributed by atoms with van der Waals surface area (Å²) in [5, 5.41) is 0. The quantitative estimate of drug-likeness (QED) is 0.176. The second-order valence-corrected chi connectivity index (χ2v) is 7.53. The van der Waals surface area contributed by atoms with Crippen LogP contribution in [-0.4, -0.2) is 15.0 Å². The molecule has 3 nitrogen and oxygen atoms in total. The smallest absolute Gasteiger partial charge is 0.305 e. The number of benzene rings is 3. The van der Waals surface area contributed by atoms with Crippen molar-refractivity contribution >= 4 is 0 Å². The molecule has 0 bridgehead atoms. The number of pyridine rings is 3. The fourth-order valence-corrected chi connectivity index (χ4v) is 2.94. The van der Waals surface area contributed by atoms with Gasteiger partial charge in [0.15, 0.2) is 0 Å². The molecular weight excluding hydrogens is 643 g/mol. The van der Waals surface area contributed by atoms with Crippen molar-refractivity contribution < 1.29 is 20.1 Å². The molecule has 0 N–H and O–H groups in total. The Balaban J connectivity index is 0.000000184. The Kier molecular flexibility index (Phi) is 15.0. The molecule has 6 rings (SSSR count). The van der Waals surface area contributed by atoms with Crippen LogP contribution >= 0.6 is 0 Å². The van der Waals surface area contributed by atoms with Gasteiger partial charge in [-0.25, -0.2) is 0 Å². The fraction of sp³-hybridized carbons (Fsp3) is 0.0294. The second kappa shape index (κ2) is 18.9. The molecule has 6 aromatic rings. The first kappa shape index (κ1) is 30.0. The van der Waals surface area contributed by atoms with E-state index in [4.69, 9.17) is 0 Å². The van der Waals surface area contributed by atoms with Crippen molar-refractivity contribution in [2.75, 3.05) is 0 Å². The van der Waals surface area contributed by atoms with E-state index in [-0.39, 0.29) is 20.1 Å². The van der Waals surface area contributed by atoms with E-state index in [1.807, 2.05) is 140 Å². The molecule has 3 heterocycles. The molecule has 188 valence electrons. The van der Waals surface area contributed by atoms with Gasteiger partial charge in [0.2, 0.25) is 0 Å². The predicted molar refractivity (Wildman–Crippen MR) is 151 cm³/mol. The van der Waals surface area contributed by atoms with Crippen LogP contribution in [0.4, 0.5) is 0 Å². The van der Waals surface area contributed by atoms with Crippen molar-refractivity contribution in [2.45, 2.75) is 6.92 Å². The standard InChI is InChI=1S/2C11H8N.C6H7N.C6H5.Ir/c2*1-2-6-10(7-3-1)11-8-4-5-9-12-11;1-6-4-2-3-5-7-6;1-2-4-6-5-3-1;/h2*1-6,8-9H;2-5H,1H3;1-5H;/q2*-1;;-1;+3. The molecule has 0 spiro atoms. The first-order valence-electron chi connectivity index (χ1n) is 11.9. The van der Waals surface area contributed by atoms with Gasteiger partial charge in [0.05, 0.1) is 0 Å². The van der Waals surface area contributed by atoms with Crippen LogP contribution in [0.3, 0.4) is 0 Å². The van der Waals surface area contributed by atoms with Gasteiger partial charge in [0, 0.05) is 24.3 Å². The molecule has 0 saturated carbocycles. The van der Waals surface area contributed by atoms with Crippen LogP contribution in [0.5, 0.6) is 0 Å². The summed E-state index contributed by atoms with van der Waals surface area (Å²) in [6, 6.07) is 52.0. The van der Waals surface area contributed by atoms with Gasteiger partial charge in [-0.3, -0.25) is 4.98 Å². The third-order valence-electron chi connectivity index (χ3n) is 4.72. The summed E-state index contributed by atoms with van der Waals surface area (Å²) < 4.78 is 0. The minimum absolute atomic E-state index is 0. The van der Waals surface area contributed by atoms with Crippen LogP contribution < -0.4 is 0 Å². The van der Waals surface area contributed by atoms with Gasteiger partial charge in [-0.05, 0) is 42.6 Å². The summed E-state index contributed by atoms with van der Waals surface area (Å²) >= 11 is 0. The Morgan fingerprint density at radius 3 is 1.16 bits per heavy atom. The number of hydrogen-bond donors (Lipinski definition) is 0. The number of nitrogens with zero attached hydrogens (tertiary/aromatic N) is 3. The molecule has 3 aromatic heterocycles. The molecule has 4 heteroatoms. The topological polar surface area (TPSA) is 38.7 Å². The van der Waals surface area contributed by atoms with Crippen LogP contribution in [0.15, 0.2) is 152 Å². The van der Waals surface area contributed by atoms with Crippen LogP contribution in [0, 0.1) is 25.1 Å². The van der Waals surface area contributed by atoms with E-state index in [9.17, 15) is 0 Å². The number of hydrogen-bond acceptors (Lipinski definition) is 3. The van der Waals surface area contributed by atoms with Crippen LogP contribution in [0.25, 0.3) is 22.5 Å². The molecular formula is C34H28IrN3. The maximum absolute atomic E-state index is 4.22. The molecule has 0 radical (unpaired) electrons. The van der Waals surface area contributed by atoms with Crippen LogP contribution in [-0.2, 0) is 20.1 Å². The number of aromatic nitrogens is 3. The maximum atomic E-state index is 4.22. The monoisotopic (exact) mass is 671 g/mol. The zero-order valence-corrected chi connectivity index (χ0v) is 23.5. The van der Waals surface area contributed by atoms with E-state index < -0.39 is 0 Å². The summed E-state index contributed by atoms with van der Waals surface area (Å²) in [6.07, 6.45) is 5.36. The van der Waals surface area contributed by atoms with E-state index in [2.05, 4.69) is 33.2 Å². The third-order valence-corrected chi connectivity index (χ3v) is 4.72. The Morgan fingerprint density at radius 2 is 0.895 bits per heavy atom. The molecule has 0 fully saturated rings. The molecule has 0 aliphatic carbocycles. The molecule has 0 unspecified atom stereocenters. The van der Waals surface area contributed by atoms with E-state index in [0.29, 0.717) is 0 Å². The zero-order chi connectivity index (χ0) is 25.8. The van der Waals surface area contributed by atoms with Gasteiger partial charge < -0.3 is 9.97 Å². The van der Waals surface area contributed by atoms with Gasteiger partial charge in [0.25, 0.3) is 0 Å². The van der Waals surface area contributed by atoms with Crippen molar-refractivity contribution in [2.24, 2.45) is 0 Å². The number of aryl methyl sites for hydroxylation is 1. The predicted octanol–water partition coefficient (Wildman–Crippen LogP) is 7.97. The molecule has 0 atom stereocenters. The van der Waals surface area contributed by atoms with E-state index in [1.54, 1.807) is 18.6 Å². The third kappa shape index (κ3) is 12.1. The van der Waals surface area contributed by atoms with Gasteiger partial charge in [-0.2, -0.15) is 36.4 Å². The Hall–Kier alpha value is -4.24. The minimum Gasteiger partial charge on any atom is -0.305 e. The van der Waals surface area contributed by atoms with E-state index >= 15 is 0 Å². The molecule has 0 aliphatic rings. The summed E-state index contributed by atoms with van der Waals surface area (Å²) in [5.41, 5.74) is 5.09. The number of rotatable bonds is 2. The van der Waals surface area contributed by atoms with Crippen LogP contribution in [0.2, 0.25) is 0 Å². The Labute approximate surface area is 239 Å². The SMILES string of the molecule is Cc1ccccn1.[Ir+3].[c-]1ccccc1.[c-]1ccccc1-c1ccccn1.[c-]1ccccc1-c1ccccn1. The van der Waals surface area contributed by atoms with Crippen molar-refractivity contribution in [1.82, 2.24) is 15.0 Å². The molecule has 0 amide bonds. The molecule has 0 aliphatic heterocycles. The largest absolute Gasteiger partial charge is 3.00 e. The molecule has 38 heavy (non-hydrogen) atoms. The Bertz CT molecular complexity index is 1160. The first-order chi connectivity index (χ1) is 18.3. The van der Waals surface area contributed by atoms with Gasteiger partial charge in [-0.15, -0.1) is 71.8 Å². The molecule has 3 aromatic carbocycles. The second-order valence-electron chi connectivity index (χ2n) is 7.53. The first-order valence-corrected chi connectivity index (χ1v) is 11.9. The summed E-state index contributed by atoms with van der Waals surface area (Å²) in [5.74, 6) is 0. The summed E-state index contributed by atoms with van der Waals surface area (Å²) in [7, 11) is 0. The Morgan fingerprint density at radius 1 is 0.447 bits per heavy atom. The van der Waals surface area contributed by atoms with Crippen LogP contribution in [0.1, 0.15) is 5.69 Å². The molecule has 0 saturated heterocycles. The van der Waals surface area contributed by atoms with Crippen molar-refractivity contribution in [3.63, 3.8) is 0 Å². The average Bonchev–Trinajstić information content (AvgIpc) is 3.01.